The van der Waals surface area contributed by atoms with Crippen LogP contribution in [0.5, 0.6) is 0 Å². The maximum atomic E-state index is 11.8. The quantitative estimate of drug-likeness (QED) is 0.682. The normalized spacial score (nSPS) is 16.7. The van der Waals surface area contributed by atoms with E-state index in [2.05, 4.69) is 9.97 Å². The van der Waals surface area contributed by atoms with Gasteiger partial charge in [-0.1, -0.05) is 0 Å². The highest BCUT2D eigenvalue weighted by Crippen LogP contribution is 2.11. The molecule has 0 unspecified atom stereocenters. The molecule has 0 aromatic carbocycles. The van der Waals surface area contributed by atoms with Crippen LogP contribution in [-0.2, 0) is 0 Å². The van der Waals surface area contributed by atoms with Gasteiger partial charge in [-0.15, -0.1) is 0 Å². The van der Waals surface area contributed by atoms with Gasteiger partial charge in [-0.25, -0.2) is 4.98 Å². The molecule has 0 spiro atoms. The number of carbonyl (C=O) groups excluding carboxylic acids is 1. The van der Waals surface area contributed by atoms with Crippen LogP contribution in [0.15, 0.2) is 18.6 Å². The van der Waals surface area contributed by atoms with Crippen LogP contribution >= 0.6 is 11.8 Å². The lowest BCUT2D eigenvalue weighted by molar-refractivity contribution is 0.0766. The first-order chi connectivity index (χ1) is 6.88. The molecule has 0 N–H and O–H groups in total. The molecule has 14 heavy (non-hydrogen) atoms. The van der Waals surface area contributed by atoms with Crippen molar-refractivity contribution in [3.63, 3.8) is 0 Å². The Morgan fingerprint density at radius 1 is 1.36 bits per heavy atom. The van der Waals surface area contributed by atoms with Crippen LogP contribution in [-0.4, -0.2) is 45.4 Å². The van der Waals surface area contributed by atoms with Crippen LogP contribution in [0.1, 0.15) is 10.5 Å². The smallest absolute Gasteiger partial charge is 0.274 e. The summed E-state index contributed by atoms with van der Waals surface area (Å²) >= 11 is 1.88. The lowest BCUT2D eigenvalue weighted by Crippen LogP contribution is -2.38. The third kappa shape index (κ3) is 2.04. The molecule has 0 saturated carbocycles. The molecule has 0 atom stereocenters. The fourth-order valence-electron chi connectivity index (χ4n) is 1.34. The molecule has 1 aliphatic heterocycles. The molecule has 1 amide bonds. The Hall–Kier alpha value is -1.10. The van der Waals surface area contributed by atoms with Gasteiger partial charge in [0.25, 0.3) is 5.91 Å². The van der Waals surface area contributed by atoms with E-state index in [0.29, 0.717) is 5.69 Å². The molecule has 1 fully saturated rings. The van der Waals surface area contributed by atoms with E-state index in [1.807, 2.05) is 16.7 Å². The van der Waals surface area contributed by atoms with Crippen molar-refractivity contribution >= 4 is 17.7 Å². The molecule has 4 nitrogen and oxygen atoms in total. The predicted octanol–water partition coefficient (Wildman–Crippen LogP) is 0.666. The first kappa shape index (κ1) is 9.45. The molecule has 1 aromatic rings. The first-order valence-corrected chi connectivity index (χ1v) is 5.66. The van der Waals surface area contributed by atoms with Crippen molar-refractivity contribution in [1.82, 2.24) is 14.9 Å². The Morgan fingerprint density at radius 3 is 2.79 bits per heavy atom. The molecule has 0 radical (unpaired) electrons. The average Bonchev–Trinajstić information content (AvgIpc) is 2.30. The minimum Gasteiger partial charge on any atom is -0.336 e. The lowest BCUT2D eigenvalue weighted by Gasteiger charge is -2.25. The highest BCUT2D eigenvalue weighted by Gasteiger charge is 2.18. The lowest BCUT2D eigenvalue weighted by atomic mass is 10.3. The van der Waals surface area contributed by atoms with Crippen molar-refractivity contribution in [2.75, 3.05) is 24.6 Å². The number of hydrogen-bond acceptors (Lipinski definition) is 4. The Morgan fingerprint density at radius 2 is 2.14 bits per heavy atom. The monoisotopic (exact) mass is 209 g/mol. The molecule has 2 rings (SSSR count). The summed E-state index contributed by atoms with van der Waals surface area (Å²) in [5.41, 5.74) is 0.444. The summed E-state index contributed by atoms with van der Waals surface area (Å²) in [4.78, 5) is 21.5. The molecule has 5 heteroatoms. The summed E-state index contributed by atoms with van der Waals surface area (Å²) in [6.07, 6.45) is 4.64. The van der Waals surface area contributed by atoms with E-state index in [1.54, 1.807) is 12.4 Å². The molecule has 74 valence electrons. The average molecular weight is 209 g/mol. The molecular weight excluding hydrogens is 198 g/mol. The van der Waals surface area contributed by atoms with Crippen molar-refractivity contribution in [2.45, 2.75) is 0 Å². The number of thioether (sulfide) groups is 1. The zero-order chi connectivity index (χ0) is 9.80. The van der Waals surface area contributed by atoms with Crippen LogP contribution in [0.25, 0.3) is 0 Å². The van der Waals surface area contributed by atoms with Crippen LogP contribution in [0.4, 0.5) is 0 Å². The van der Waals surface area contributed by atoms with Crippen molar-refractivity contribution in [1.29, 1.82) is 0 Å². The van der Waals surface area contributed by atoms with E-state index in [4.69, 9.17) is 0 Å². The summed E-state index contributed by atoms with van der Waals surface area (Å²) in [5.74, 6) is 2.04. The van der Waals surface area contributed by atoms with Crippen LogP contribution in [0.2, 0.25) is 0 Å². The minimum atomic E-state index is -0.00148. The number of hydrogen-bond donors (Lipinski definition) is 0. The Bertz CT molecular complexity index is 311. The Labute approximate surface area is 86.7 Å². The Balaban J connectivity index is 2.07. The maximum Gasteiger partial charge on any atom is 0.274 e. The van der Waals surface area contributed by atoms with E-state index in [9.17, 15) is 4.79 Å². The predicted molar refractivity (Wildman–Crippen MR) is 55.3 cm³/mol. The summed E-state index contributed by atoms with van der Waals surface area (Å²) in [6.45, 7) is 1.64. The molecular formula is C9H11N3OS. The number of nitrogens with zero attached hydrogens (tertiary/aromatic N) is 3. The maximum absolute atomic E-state index is 11.8. The van der Waals surface area contributed by atoms with E-state index in [0.717, 1.165) is 24.6 Å². The number of amides is 1. The van der Waals surface area contributed by atoms with E-state index in [1.165, 1.54) is 6.20 Å². The number of rotatable bonds is 1. The van der Waals surface area contributed by atoms with Crippen LogP contribution in [0.3, 0.4) is 0 Å². The van der Waals surface area contributed by atoms with Crippen LogP contribution < -0.4 is 0 Å². The molecule has 1 saturated heterocycles. The second-order valence-electron chi connectivity index (χ2n) is 3.00. The van der Waals surface area contributed by atoms with Gasteiger partial charge in [-0.3, -0.25) is 9.78 Å². The largest absolute Gasteiger partial charge is 0.336 e. The third-order valence-electron chi connectivity index (χ3n) is 2.08. The first-order valence-electron chi connectivity index (χ1n) is 4.51. The fraction of sp³-hybridized carbons (Fsp3) is 0.444. The van der Waals surface area contributed by atoms with Gasteiger partial charge in [-0.2, -0.15) is 11.8 Å². The van der Waals surface area contributed by atoms with Crippen molar-refractivity contribution in [2.24, 2.45) is 0 Å². The van der Waals surface area contributed by atoms with Gasteiger partial charge in [-0.05, 0) is 0 Å². The topological polar surface area (TPSA) is 46.1 Å². The van der Waals surface area contributed by atoms with Crippen molar-refractivity contribution < 1.29 is 4.79 Å². The SMILES string of the molecule is O=C(c1cnccn1)N1CCSCC1. The minimum absolute atomic E-state index is 0.00148. The van der Waals surface area contributed by atoms with E-state index in [-0.39, 0.29) is 5.91 Å². The van der Waals surface area contributed by atoms with Gasteiger partial charge in [0.1, 0.15) is 5.69 Å². The third-order valence-corrected chi connectivity index (χ3v) is 3.02. The number of carbonyl (C=O) groups is 1. The molecule has 2 heterocycles. The van der Waals surface area contributed by atoms with Gasteiger partial charge in [0, 0.05) is 37.0 Å². The second kappa shape index (κ2) is 4.41. The highest BCUT2D eigenvalue weighted by atomic mass is 32.2. The van der Waals surface area contributed by atoms with Crippen molar-refractivity contribution in [3.05, 3.63) is 24.3 Å². The van der Waals surface area contributed by atoms with Crippen molar-refractivity contribution in [3.8, 4) is 0 Å². The van der Waals surface area contributed by atoms with Gasteiger partial charge in [0.2, 0.25) is 0 Å². The highest BCUT2D eigenvalue weighted by molar-refractivity contribution is 7.99. The number of aromatic nitrogens is 2. The fourth-order valence-corrected chi connectivity index (χ4v) is 2.24. The standard InChI is InChI=1S/C9H11N3OS/c13-9(8-7-10-1-2-11-8)12-3-5-14-6-4-12/h1-2,7H,3-6H2. The van der Waals surface area contributed by atoms with Crippen LogP contribution in [0, 0.1) is 0 Å². The zero-order valence-corrected chi connectivity index (χ0v) is 8.54. The summed E-state index contributed by atoms with van der Waals surface area (Å²) in [6, 6.07) is 0. The van der Waals surface area contributed by atoms with Gasteiger partial charge in [0.15, 0.2) is 0 Å². The Kier molecular flexibility index (Phi) is 2.98. The second-order valence-corrected chi connectivity index (χ2v) is 4.22. The summed E-state index contributed by atoms with van der Waals surface area (Å²) in [7, 11) is 0. The van der Waals surface area contributed by atoms with Gasteiger partial charge >= 0.3 is 0 Å². The molecule has 1 aliphatic rings. The summed E-state index contributed by atoms with van der Waals surface area (Å²) < 4.78 is 0. The zero-order valence-electron chi connectivity index (χ0n) is 7.72. The molecule has 0 bridgehead atoms. The van der Waals surface area contributed by atoms with E-state index < -0.39 is 0 Å². The van der Waals surface area contributed by atoms with Gasteiger partial charge in [0.05, 0.1) is 6.20 Å². The summed E-state index contributed by atoms with van der Waals surface area (Å²) in [5, 5.41) is 0. The van der Waals surface area contributed by atoms with Gasteiger partial charge < -0.3 is 4.90 Å². The molecule has 0 aliphatic carbocycles. The van der Waals surface area contributed by atoms with E-state index >= 15 is 0 Å². The molecule has 1 aromatic heterocycles.